The number of hydrogen-bond donors (Lipinski definition) is 0. The third kappa shape index (κ3) is 0.666. The van der Waals surface area contributed by atoms with E-state index in [1.54, 1.807) is 0 Å². The van der Waals surface area contributed by atoms with Gasteiger partial charge in [0.2, 0.25) is 0 Å². The highest BCUT2D eigenvalue weighted by Gasteiger charge is 2.59. The van der Waals surface area contributed by atoms with Crippen LogP contribution in [0.5, 0.6) is 0 Å². The molecule has 0 aromatic heterocycles. The molecule has 2 aliphatic rings. The molecule has 3 atom stereocenters. The van der Waals surface area contributed by atoms with Gasteiger partial charge in [-0.3, -0.25) is 0 Å². The van der Waals surface area contributed by atoms with Crippen molar-refractivity contribution < 1.29 is 0 Å². The number of fused-ring (bicyclic) bond motifs is 2. The molecule has 2 aliphatic carbocycles. The van der Waals surface area contributed by atoms with Crippen LogP contribution in [0.15, 0.2) is 0 Å². The van der Waals surface area contributed by atoms with E-state index in [4.69, 9.17) is 0 Å². The summed E-state index contributed by atoms with van der Waals surface area (Å²) in [5.41, 5.74) is 1.12. The van der Waals surface area contributed by atoms with Crippen LogP contribution in [0.3, 0.4) is 0 Å². The van der Waals surface area contributed by atoms with Gasteiger partial charge in [-0.25, -0.2) is 0 Å². The van der Waals surface area contributed by atoms with Crippen LogP contribution in [-0.2, 0) is 0 Å². The number of hydrogen-bond acceptors (Lipinski definition) is 0. The van der Waals surface area contributed by atoms with Crippen molar-refractivity contribution in [2.75, 3.05) is 0 Å². The lowest BCUT2D eigenvalue weighted by Crippen LogP contribution is -2.30. The first kappa shape index (κ1) is 7.64. The van der Waals surface area contributed by atoms with Crippen LogP contribution in [0.25, 0.3) is 0 Å². The Balaban J connectivity index is 2.40. The molecule has 0 heterocycles. The van der Waals surface area contributed by atoms with E-state index in [1.807, 2.05) is 0 Å². The topological polar surface area (TPSA) is 0 Å². The molecule has 0 aromatic rings. The van der Waals surface area contributed by atoms with Gasteiger partial charge in [-0.1, -0.05) is 20.8 Å². The lowest BCUT2D eigenvalue weighted by Gasteiger charge is -2.37. The van der Waals surface area contributed by atoms with E-state index < -0.39 is 0 Å². The molecule has 2 fully saturated rings. The Bertz CT molecular complexity index is 180. The number of rotatable bonds is 0. The predicted molar refractivity (Wildman–Crippen MR) is 48.1 cm³/mol. The normalized spacial score (nSPS) is 53.5. The van der Waals surface area contributed by atoms with Gasteiger partial charge < -0.3 is 0 Å². The van der Waals surface area contributed by atoms with Crippen LogP contribution in [0, 0.1) is 29.6 Å². The fourth-order valence-corrected chi connectivity index (χ4v) is 3.37. The van der Waals surface area contributed by atoms with Crippen LogP contribution in [0.2, 0.25) is 0 Å². The predicted octanol–water partition coefficient (Wildman–Crippen LogP) is 3.28. The fourth-order valence-electron chi connectivity index (χ4n) is 3.37. The summed E-state index contributed by atoms with van der Waals surface area (Å²) in [5.74, 6) is 1.69. The quantitative estimate of drug-likeness (QED) is 0.498. The Hall–Kier alpha value is 0. The van der Waals surface area contributed by atoms with Crippen molar-refractivity contribution in [3.8, 4) is 0 Å². The zero-order valence-corrected chi connectivity index (χ0v) is 7.98. The van der Waals surface area contributed by atoms with E-state index in [1.165, 1.54) is 19.3 Å². The zero-order chi connectivity index (χ0) is 8.28. The van der Waals surface area contributed by atoms with Crippen molar-refractivity contribution in [3.63, 3.8) is 0 Å². The Morgan fingerprint density at radius 2 is 1.91 bits per heavy atom. The van der Waals surface area contributed by atoms with Crippen molar-refractivity contribution in [1.82, 2.24) is 0 Å². The van der Waals surface area contributed by atoms with Gasteiger partial charge in [0, 0.05) is 0 Å². The molecular formula is C11H19. The van der Waals surface area contributed by atoms with Crippen molar-refractivity contribution in [2.24, 2.45) is 22.7 Å². The second-order valence-corrected chi connectivity index (χ2v) is 5.31. The minimum atomic E-state index is 0.553. The van der Waals surface area contributed by atoms with E-state index >= 15 is 0 Å². The van der Waals surface area contributed by atoms with Gasteiger partial charge in [-0.2, -0.15) is 0 Å². The molecular weight excluding hydrogens is 132 g/mol. The molecule has 0 nitrogen and oxygen atoms in total. The highest BCUT2D eigenvalue weighted by Crippen LogP contribution is 2.67. The van der Waals surface area contributed by atoms with Crippen molar-refractivity contribution in [1.29, 1.82) is 0 Å². The fraction of sp³-hybridized carbons (Fsp3) is 0.909. The smallest absolute Gasteiger partial charge is 0.0243 e. The van der Waals surface area contributed by atoms with Crippen LogP contribution in [-0.4, -0.2) is 0 Å². The van der Waals surface area contributed by atoms with Gasteiger partial charge in [-0.15, -0.1) is 0 Å². The highest BCUT2D eigenvalue weighted by atomic mass is 14.6. The summed E-state index contributed by atoms with van der Waals surface area (Å²) < 4.78 is 0. The SMILES string of the molecule is [CH2]C1CC2CCC1(C)C2(C)C. The average molecular weight is 151 g/mol. The van der Waals surface area contributed by atoms with Gasteiger partial charge in [-0.05, 0) is 48.9 Å². The van der Waals surface area contributed by atoms with Crippen molar-refractivity contribution >= 4 is 0 Å². The Morgan fingerprint density at radius 3 is 2.09 bits per heavy atom. The monoisotopic (exact) mass is 151 g/mol. The van der Waals surface area contributed by atoms with E-state index in [-0.39, 0.29) is 0 Å². The summed E-state index contributed by atoms with van der Waals surface area (Å²) in [6, 6.07) is 0. The molecule has 1 radical (unpaired) electrons. The molecule has 3 unspecified atom stereocenters. The van der Waals surface area contributed by atoms with Gasteiger partial charge in [0.05, 0.1) is 0 Å². The molecule has 0 aromatic carbocycles. The first-order valence-corrected chi connectivity index (χ1v) is 4.81. The molecule has 2 bridgehead atoms. The molecule has 0 saturated heterocycles. The zero-order valence-electron chi connectivity index (χ0n) is 7.98. The van der Waals surface area contributed by atoms with Crippen molar-refractivity contribution in [3.05, 3.63) is 6.92 Å². The third-order valence-corrected chi connectivity index (χ3v) is 4.97. The Morgan fingerprint density at radius 1 is 1.27 bits per heavy atom. The maximum Gasteiger partial charge on any atom is -0.0243 e. The third-order valence-electron chi connectivity index (χ3n) is 4.97. The van der Waals surface area contributed by atoms with Crippen LogP contribution in [0.4, 0.5) is 0 Å². The molecule has 0 heteroatoms. The van der Waals surface area contributed by atoms with Gasteiger partial charge in [0.25, 0.3) is 0 Å². The minimum absolute atomic E-state index is 0.553. The lowest BCUT2D eigenvalue weighted by molar-refractivity contribution is 0.123. The maximum absolute atomic E-state index is 4.29. The van der Waals surface area contributed by atoms with Crippen LogP contribution >= 0.6 is 0 Å². The molecule has 11 heavy (non-hydrogen) atoms. The second kappa shape index (κ2) is 1.84. The first-order valence-electron chi connectivity index (χ1n) is 4.81. The summed E-state index contributed by atoms with van der Waals surface area (Å²) in [6.07, 6.45) is 4.25. The van der Waals surface area contributed by atoms with E-state index in [0.717, 1.165) is 11.8 Å². The van der Waals surface area contributed by atoms with Gasteiger partial charge in [0.1, 0.15) is 0 Å². The van der Waals surface area contributed by atoms with Gasteiger partial charge in [0.15, 0.2) is 0 Å². The molecule has 0 amide bonds. The van der Waals surface area contributed by atoms with Crippen molar-refractivity contribution in [2.45, 2.75) is 40.0 Å². The van der Waals surface area contributed by atoms with Crippen LogP contribution < -0.4 is 0 Å². The summed E-state index contributed by atoms with van der Waals surface area (Å²) in [4.78, 5) is 0. The summed E-state index contributed by atoms with van der Waals surface area (Å²) >= 11 is 0. The summed E-state index contributed by atoms with van der Waals surface area (Å²) in [5, 5.41) is 0. The maximum atomic E-state index is 4.29. The Kier molecular flexibility index (Phi) is 1.28. The highest BCUT2D eigenvalue weighted by molar-refractivity contribution is 5.10. The lowest BCUT2D eigenvalue weighted by atomic mass is 9.67. The molecule has 63 valence electrons. The summed E-state index contributed by atoms with van der Waals surface area (Å²) in [7, 11) is 0. The first-order chi connectivity index (χ1) is 4.98. The minimum Gasteiger partial charge on any atom is -0.0591 e. The largest absolute Gasteiger partial charge is 0.0591 e. The average Bonchev–Trinajstić information content (AvgIpc) is 2.20. The Labute approximate surface area is 70.4 Å². The van der Waals surface area contributed by atoms with Crippen LogP contribution in [0.1, 0.15) is 40.0 Å². The second-order valence-electron chi connectivity index (χ2n) is 5.31. The standard InChI is InChI=1S/C11H19/c1-8-7-9-5-6-11(8,4)10(9,2)3/h8-9H,1,5-7H2,2-4H3. The van der Waals surface area contributed by atoms with E-state index in [9.17, 15) is 0 Å². The molecule has 2 rings (SSSR count). The molecule has 0 spiro atoms. The van der Waals surface area contributed by atoms with Gasteiger partial charge >= 0.3 is 0 Å². The summed E-state index contributed by atoms with van der Waals surface area (Å²) in [6.45, 7) is 11.6. The molecule has 0 N–H and O–H groups in total. The molecule has 2 saturated carbocycles. The van der Waals surface area contributed by atoms with E-state index in [2.05, 4.69) is 27.7 Å². The van der Waals surface area contributed by atoms with E-state index in [0.29, 0.717) is 10.8 Å². The molecule has 0 aliphatic heterocycles.